The molecule has 2 heterocycles. The standard InChI is InChI=1S/C21H21ClN4O2/c22-16-6-8-17(9-7-16)24-12-14-25(15-13-24)21(28)19-10-11-20(27)26(23-19)18-4-2-1-3-5-18/h1-9H,10-15H2. The molecule has 0 unspecified atom stereocenters. The molecule has 0 aliphatic carbocycles. The van der Waals surface area contributed by atoms with Crippen LogP contribution in [0.25, 0.3) is 0 Å². The van der Waals surface area contributed by atoms with Crippen molar-refractivity contribution in [3.63, 3.8) is 0 Å². The van der Waals surface area contributed by atoms with Gasteiger partial charge in [0.05, 0.1) is 5.69 Å². The number of carbonyl (C=O) groups is 2. The van der Waals surface area contributed by atoms with Gasteiger partial charge in [-0.3, -0.25) is 9.59 Å². The monoisotopic (exact) mass is 396 g/mol. The van der Waals surface area contributed by atoms with Crippen molar-refractivity contribution >= 4 is 40.5 Å². The van der Waals surface area contributed by atoms with Gasteiger partial charge in [0, 0.05) is 49.7 Å². The summed E-state index contributed by atoms with van der Waals surface area (Å²) in [5.41, 5.74) is 2.24. The second-order valence-corrected chi connectivity index (χ2v) is 7.28. The number of nitrogens with zero attached hydrogens (tertiary/aromatic N) is 4. The summed E-state index contributed by atoms with van der Waals surface area (Å²) < 4.78 is 0. The molecule has 0 radical (unpaired) electrons. The smallest absolute Gasteiger partial charge is 0.270 e. The molecular formula is C21H21ClN4O2. The van der Waals surface area contributed by atoms with Crippen LogP contribution in [0.15, 0.2) is 59.7 Å². The van der Waals surface area contributed by atoms with Crippen molar-refractivity contribution in [1.82, 2.24) is 4.90 Å². The Morgan fingerprint density at radius 2 is 1.54 bits per heavy atom. The molecule has 0 spiro atoms. The van der Waals surface area contributed by atoms with Gasteiger partial charge in [-0.25, -0.2) is 5.01 Å². The van der Waals surface area contributed by atoms with Crippen molar-refractivity contribution in [2.24, 2.45) is 5.10 Å². The van der Waals surface area contributed by atoms with Crippen LogP contribution >= 0.6 is 11.6 Å². The summed E-state index contributed by atoms with van der Waals surface area (Å²) in [5.74, 6) is -0.167. The van der Waals surface area contributed by atoms with Crippen LogP contribution in [0.1, 0.15) is 12.8 Å². The molecule has 0 saturated carbocycles. The molecule has 1 saturated heterocycles. The van der Waals surface area contributed by atoms with Crippen LogP contribution < -0.4 is 9.91 Å². The van der Waals surface area contributed by atoms with Crippen LogP contribution in [0.5, 0.6) is 0 Å². The van der Waals surface area contributed by atoms with E-state index in [-0.39, 0.29) is 11.8 Å². The number of anilines is 2. The normalized spacial score (nSPS) is 17.5. The Hall–Kier alpha value is -2.86. The average Bonchev–Trinajstić information content (AvgIpc) is 2.75. The second-order valence-electron chi connectivity index (χ2n) is 6.84. The van der Waals surface area contributed by atoms with Gasteiger partial charge < -0.3 is 9.80 Å². The van der Waals surface area contributed by atoms with E-state index in [4.69, 9.17) is 11.6 Å². The van der Waals surface area contributed by atoms with E-state index >= 15 is 0 Å². The fourth-order valence-corrected chi connectivity index (χ4v) is 3.61. The Morgan fingerprint density at radius 3 is 2.21 bits per heavy atom. The third-order valence-corrected chi connectivity index (χ3v) is 5.29. The van der Waals surface area contributed by atoms with E-state index in [1.54, 1.807) is 0 Å². The summed E-state index contributed by atoms with van der Waals surface area (Å²) in [6.45, 7) is 2.75. The van der Waals surface area contributed by atoms with Crippen LogP contribution in [0, 0.1) is 0 Å². The van der Waals surface area contributed by atoms with Crippen LogP contribution in [-0.4, -0.2) is 48.6 Å². The number of rotatable bonds is 3. The number of carbonyl (C=O) groups excluding carboxylic acids is 2. The second kappa shape index (κ2) is 8.02. The van der Waals surface area contributed by atoms with E-state index in [2.05, 4.69) is 10.0 Å². The highest BCUT2D eigenvalue weighted by atomic mass is 35.5. The first-order valence-corrected chi connectivity index (χ1v) is 9.75. The molecule has 144 valence electrons. The van der Waals surface area contributed by atoms with Crippen LogP contribution in [0.4, 0.5) is 11.4 Å². The van der Waals surface area contributed by atoms with E-state index in [0.29, 0.717) is 42.4 Å². The van der Waals surface area contributed by atoms with Gasteiger partial charge in [0.15, 0.2) is 0 Å². The summed E-state index contributed by atoms with van der Waals surface area (Å²) in [6.07, 6.45) is 0.683. The minimum absolute atomic E-state index is 0.0795. The number of hydrogen-bond acceptors (Lipinski definition) is 4. The summed E-state index contributed by atoms with van der Waals surface area (Å²) in [7, 11) is 0. The molecule has 2 aromatic rings. The van der Waals surface area contributed by atoms with Crippen molar-refractivity contribution in [3.8, 4) is 0 Å². The Morgan fingerprint density at radius 1 is 0.857 bits per heavy atom. The van der Waals surface area contributed by atoms with E-state index in [1.807, 2.05) is 59.5 Å². The lowest BCUT2D eigenvalue weighted by atomic mass is 10.1. The Balaban J connectivity index is 1.43. The number of hydrogen-bond donors (Lipinski definition) is 0. The third kappa shape index (κ3) is 3.87. The molecule has 0 aromatic heterocycles. The van der Waals surface area contributed by atoms with Crippen molar-refractivity contribution in [2.75, 3.05) is 36.1 Å². The van der Waals surface area contributed by atoms with Crippen molar-refractivity contribution in [3.05, 3.63) is 59.6 Å². The number of para-hydroxylation sites is 1. The lowest BCUT2D eigenvalue weighted by Crippen LogP contribution is -2.51. The topological polar surface area (TPSA) is 56.2 Å². The molecule has 2 aliphatic rings. The van der Waals surface area contributed by atoms with E-state index in [0.717, 1.165) is 18.8 Å². The molecule has 2 aromatic carbocycles. The number of hydrazone groups is 1. The highest BCUT2D eigenvalue weighted by Gasteiger charge is 2.30. The van der Waals surface area contributed by atoms with Crippen molar-refractivity contribution < 1.29 is 9.59 Å². The lowest BCUT2D eigenvalue weighted by molar-refractivity contribution is -0.124. The first kappa shape index (κ1) is 18.5. The molecule has 28 heavy (non-hydrogen) atoms. The molecular weight excluding hydrogens is 376 g/mol. The number of amides is 2. The van der Waals surface area contributed by atoms with Crippen LogP contribution in [0.2, 0.25) is 5.02 Å². The molecule has 0 bridgehead atoms. The lowest BCUT2D eigenvalue weighted by Gasteiger charge is -2.36. The molecule has 0 N–H and O–H groups in total. The fourth-order valence-electron chi connectivity index (χ4n) is 3.48. The molecule has 2 amide bonds. The summed E-state index contributed by atoms with van der Waals surface area (Å²) in [6, 6.07) is 17.0. The zero-order valence-corrected chi connectivity index (χ0v) is 16.2. The van der Waals surface area contributed by atoms with Gasteiger partial charge >= 0.3 is 0 Å². The molecule has 0 atom stereocenters. The number of piperazine rings is 1. The fraction of sp³-hybridized carbons (Fsp3) is 0.286. The highest BCUT2D eigenvalue weighted by Crippen LogP contribution is 2.22. The summed E-state index contributed by atoms with van der Waals surface area (Å²) >= 11 is 5.96. The number of benzene rings is 2. The van der Waals surface area contributed by atoms with Crippen molar-refractivity contribution in [2.45, 2.75) is 12.8 Å². The molecule has 4 rings (SSSR count). The minimum atomic E-state index is -0.0877. The van der Waals surface area contributed by atoms with E-state index in [9.17, 15) is 9.59 Å². The van der Waals surface area contributed by atoms with E-state index in [1.165, 1.54) is 5.01 Å². The zero-order valence-electron chi connectivity index (χ0n) is 15.4. The first-order chi connectivity index (χ1) is 13.6. The third-order valence-electron chi connectivity index (χ3n) is 5.04. The van der Waals surface area contributed by atoms with Gasteiger partial charge in [-0.15, -0.1) is 0 Å². The maximum Gasteiger partial charge on any atom is 0.270 e. The maximum atomic E-state index is 12.9. The molecule has 1 fully saturated rings. The predicted octanol–water partition coefficient (Wildman–Crippen LogP) is 3.17. The summed E-state index contributed by atoms with van der Waals surface area (Å²) in [5, 5.41) is 6.44. The van der Waals surface area contributed by atoms with Gasteiger partial charge in [-0.2, -0.15) is 5.10 Å². The molecule has 2 aliphatic heterocycles. The largest absolute Gasteiger partial charge is 0.368 e. The average molecular weight is 397 g/mol. The Bertz CT molecular complexity index is 890. The first-order valence-electron chi connectivity index (χ1n) is 9.37. The quantitative estimate of drug-likeness (QED) is 0.800. The molecule has 7 heteroatoms. The Labute approximate surface area is 169 Å². The maximum absolute atomic E-state index is 12.9. The molecule has 6 nitrogen and oxygen atoms in total. The van der Waals surface area contributed by atoms with Crippen LogP contribution in [0.3, 0.4) is 0 Å². The van der Waals surface area contributed by atoms with Gasteiger partial charge in [0.1, 0.15) is 5.71 Å². The van der Waals surface area contributed by atoms with Gasteiger partial charge in [0.25, 0.3) is 5.91 Å². The van der Waals surface area contributed by atoms with Gasteiger partial charge in [-0.05, 0) is 36.4 Å². The van der Waals surface area contributed by atoms with Gasteiger partial charge in [-0.1, -0.05) is 29.8 Å². The van der Waals surface area contributed by atoms with Crippen LogP contribution in [-0.2, 0) is 9.59 Å². The SMILES string of the molecule is O=C(C1=NN(c2ccccc2)C(=O)CC1)N1CCN(c2ccc(Cl)cc2)CC1. The Kier molecular flexibility index (Phi) is 5.30. The minimum Gasteiger partial charge on any atom is -0.368 e. The van der Waals surface area contributed by atoms with Crippen molar-refractivity contribution in [1.29, 1.82) is 0 Å². The van der Waals surface area contributed by atoms with Gasteiger partial charge in [0.2, 0.25) is 5.91 Å². The zero-order chi connectivity index (χ0) is 19.5. The van der Waals surface area contributed by atoms with E-state index < -0.39 is 0 Å². The number of halogens is 1. The highest BCUT2D eigenvalue weighted by molar-refractivity contribution is 6.40. The summed E-state index contributed by atoms with van der Waals surface area (Å²) in [4.78, 5) is 29.2. The predicted molar refractivity (Wildman–Crippen MR) is 111 cm³/mol.